The van der Waals surface area contributed by atoms with Gasteiger partial charge in [-0.15, -0.1) is 0 Å². The highest BCUT2D eigenvalue weighted by atomic mass is 19.1. The zero-order valence-electron chi connectivity index (χ0n) is 7.63. The van der Waals surface area contributed by atoms with Gasteiger partial charge in [-0.1, -0.05) is 12.1 Å². The van der Waals surface area contributed by atoms with E-state index >= 15 is 0 Å². The van der Waals surface area contributed by atoms with E-state index in [9.17, 15) is 9.50 Å². The molecule has 0 aromatic heterocycles. The fraction of sp³-hybridized carbons (Fsp3) is 0.400. The number of nitrogens with two attached hydrogens (primary N) is 1. The maximum Gasteiger partial charge on any atom is 0.126 e. The van der Waals surface area contributed by atoms with Gasteiger partial charge in [0.25, 0.3) is 0 Å². The lowest BCUT2D eigenvalue weighted by Gasteiger charge is -2.12. The van der Waals surface area contributed by atoms with Gasteiger partial charge in [0, 0.05) is 0 Å². The lowest BCUT2D eigenvalue weighted by atomic mass is 10.0. The number of aliphatic hydroxyl groups is 1. The van der Waals surface area contributed by atoms with Crippen molar-refractivity contribution >= 4 is 0 Å². The largest absolute Gasteiger partial charge is 0.388 e. The van der Waals surface area contributed by atoms with Gasteiger partial charge in [-0.05, 0) is 37.1 Å². The normalized spacial score (nSPS) is 12.9. The highest BCUT2D eigenvalue weighted by molar-refractivity contribution is 5.29. The molecule has 0 spiro atoms. The predicted octanol–water partition coefficient (Wildman–Crippen LogP) is 1.52. The van der Waals surface area contributed by atoms with Gasteiger partial charge in [-0.3, -0.25) is 0 Å². The maximum absolute atomic E-state index is 13.0. The summed E-state index contributed by atoms with van der Waals surface area (Å²) in [6.45, 7) is 2.06. The van der Waals surface area contributed by atoms with Crippen molar-refractivity contribution in [2.75, 3.05) is 6.54 Å². The summed E-state index contributed by atoms with van der Waals surface area (Å²) in [6.07, 6.45) is -0.190. The van der Waals surface area contributed by atoms with Crippen LogP contribution in [0.25, 0.3) is 0 Å². The van der Waals surface area contributed by atoms with Crippen molar-refractivity contribution in [1.29, 1.82) is 0 Å². The van der Waals surface area contributed by atoms with Gasteiger partial charge in [0.2, 0.25) is 0 Å². The molecule has 1 atom stereocenters. The second-order valence-electron chi connectivity index (χ2n) is 3.05. The maximum atomic E-state index is 13.0. The molecule has 2 nitrogen and oxygen atoms in total. The number of halogens is 1. The molecule has 0 aliphatic heterocycles. The molecule has 0 amide bonds. The number of benzene rings is 1. The molecule has 0 heterocycles. The summed E-state index contributed by atoms with van der Waals surface area (Å²) in [6, 6.07) is 4.70. The average molecular weight is 183 g/mol. The van der Waals surface area contributed by atoms with E-state index in [4.69, 9.17) is 5.73 Å². The molecule has 13 heavy (non-hydrogen) atoms. The molecular formula is C10H14FNO. The lowest BCUT2D eigenvalue weighted by Crippen LogP contribution is -2.08. The Morgan fingerprint density at radius 1 is 1.54 bits per heavy atom. The van der Waals surface area contributed by atoms with Crippen LogP contribution in [0.5, 0.6) is 0 Å². The Morgan fingerprint density at radius 2 is 2.23 bits per heavy atom. The van der Waals surface area contributed by atoms with E-state index in [1.54, 1.807) is 19.1 Å². The third-order valence-corrected chi connectivity index (χ3v) is 2.11. The topological polar surface area (TPSA) is 46.2 Å². The standard InChI is InChI=1S/C10H14FNO/c1-7-8(10(13)5-6-12)3-2-4-9(7)11/h2-4,10,13H,5-6,12H2,1H3/t10-/m0/s1. The summed E-state index contributed by atoms with van der Waals surface area (Å²) < 4.78 is 13.0. The zero-order chi connectivity index (χ0) is 9.84. The van der Waals surface area contributed by atoms with Crippen molar-refractivity contribution in [2.45, 2.75) is 19.4 Å². The molecule has 0 radical (unpaired) electrons. The third kappa shape index (κ3) is 2.26. The molecule has 72 valence electrons. The van der Waals surface area contributed by atoms with Gasteiger partial charge in [0.05, 0.1) is 6.10 Å². The summed E-state index contributed by atoms with van der Waals surface area (Å²) in [5.41, 5.74) is 6.43. The summed E-state index contributed by atoms with van der Waals surface area (Å²) in [5, 5.41) is 9.58. The highest BCUT2D eigenvalue weighted by Crippen LogP contribution is 2.21. The van der Waals surface area contributed by atoms with E-state index < -0.39 is 6.10 Å². The van der Waals surface area contributed by atoms with E-state index in [2.05, 4.69) is 0 Å². The molecule has 0 unspecified atom stereocenters. The summed E-state index contributed by atoms with van der Waals surface area (Å²) in [7, 11) is 0. The van der Waals surface area contributed by atoms with Crippen molar-refractivity contribution in [3.8, 4) is 0 Å². The van der Waals surface area contributed by atoms with Crippen molar-refractivity contribution in [3.05, 3.63) is 35.1 Å². The monoisotopic (exact) mass is 183 g/mol. The molecule has 0 bridgehead atoms. The first-order valence-electron chi connectivity index (χ1n) is 4.30. The molecule has 0 aliphatic rings. The Labute approximate surface area is 77.2 Å². The molecule has 1 aromatic rings. The zero-order valence-corrected chi connectivity index (χ0v) is 7.63. The summed E-state index contributed by atoms with van der Waals surface area (Å²) >= 11 is 0. The molecule has 3 N–H and O–H groups in total. The van der Waals surface area contributed by atoms with Crippen LogP contribution >= 0.6 is 0 Å². The van der Waals surface area contributed by atoms with Gasteiger partial charge in [-0.25, -0.2) is 4.39 Å². The first-order valence-corrected chi connectivity index (χ1v) is 4.30. The van der Waals surface area contributed by atoms with E-state index in [0.29, 0.717) is 24.1 Å². The Kier molecular flexibility index (Phi) is 3.39. The van der Waals surface area contributed by atoms with Crippen LogP contribution < -0.4 is 5.73 Å². The Balaban J connectivity index is 2.93. The first kappa shape index (κ1) is 10.2. The van der Waals surface area contributed by atoms with Crippen molar-refractivity contribution in [1.82, 2.24) is 0 Å². The van der Waals surface area contributed by atoms with E-state index in [1.807, 2.05) is 0 Å². The number of hydrogen-bond donors (Lipinski definition) is 2. The van der Waals surface area contributed by atoms with Gasteiger partial charge in [0.1, 0.15) is 5.82 Å². The van der Waals surface area contributed by atoms with Crippen LogP contribution in [0.4, 0.5) is 4.39 Å². The second-order valence-corrected chi connectivity index (χ2v) is 3.05. The molecule has 0 saturated carbocycles. The number of aliphatic hydroxyl groups excluding tert-OH is 1. The molecule has 3 heteroatoms. The van der Waals surface area contributed by atoms with Gasteiger partial charge < -0.3 is 10.8 Å². The van der Waals surface area contributed by atoms with Crippen LogP contribution in [0.3, 0.4) is 0 Å². The molecule has 1 rings (SSSR count). The van der Waals surface area contributed by atoms with Crippen LogP contribution in [0.1, 0.15) is 23.7 Å². The van der Waals surface area contributed by atoms with Crippen molar-refractivity contribution in [3.63, 3.8) is 0 Å². The molecule has 0 aliphatic carbocycles. The van der Waals surface area contributed by atoms with Crippen LogP contribution in [-0.2, 0) is 0 Å². The highest BCUT2D eigenvalue weighted by Gasteiger charge is 2.11. The number of hydrogen-bond acceptors (Lipinski definition) is 2. The molecule has 0 fully saturated rings. The second kappa shape index (κ2) is 4.35. The van der Waals surface area contributed by atoms with Crippen molar-refractivity contribution in [2.24, 2.45) is 5.73 Å². The predicted molar refractivity (Wildman–Crippen MR) is 49.8 cm³/mol. The minimum Gasteiger partial charge on any atom is -0.388 e. The van der Waals surface area contributed by atoms with Crippen LogP contribution in [0, 0.1) is 12.7 Å². The molecule has 1 aromatic carbocycles. The van der Waals surface area contributed by atoms with Crippen molar-refractivity contribution < 1.29 is 9.50 Å². The summed E-state index contributed by atoms with van der Waals surface area (Å²) in [4.78, 5) is 0. The van der Waals surface area contributed by atoms with Crippen LogP contribution in [0.2, 0.25) is 0 Å². The fourth-order valence-corrected chi connectivity index (χ4v) is 1.30. The quantitative estimate of drug-likeness (QED) is 0.746. The van der Waals surface area contributed by atoms with Gasteiger partial charge in [0.15, 0.2) is 0 Å². The fourth-order valence-electron chi connectivity index (χ4n) is 1.30. The van der Waals surface area contributed by atoms with Crippen LogP contribution in [0.15, 0.2) is 18.2 Å². The van der Waals surface area contributed by atoms with E-state index in [0.717, 1.165) is 0 Å². The minimum absolute atomic E-state index is 0.284. The molecule has 0 saturated heterocycles. The lowest BCUT2D eigenvalue weighted by molar-refractivity contribution is 0.169. The van der Waals surface area contributed by atoms with Gasteiger partial charge >= 0.3 is 0 Å². The summed E-state index contributed by atoms with van der Waals surface area (Å²) in [5.74, 6) is -0.284. The smallest absolute Gasteiger partial charge is 0.126 e. The Bertz CT molecular complexity index is 288. The number of rotatable bonds is 3. The van der Waals surface area contributed by atoms with E-state index in [-0.39, 0.29) is 5.82 Å². The minimum atomic E-state index is -0.652. The first-order chi connectivity index (χ1) is 6.16. The molecular weight excluding hydrogens is 169 g/mol. The SMILES string of the molecule is Cc1c(F)cccc1[C@@H](O)CCN. The average Bonchev–Trinajstić information content (AvgIpc) is 2.10. The van der Waals surface area contributed by atoms with Gasteiger partial charge in [-0.2, -0.15) is 0 Å². The third-order valence-electron chi connectivity index (χ3n) is 2.11. The van der Waals surface area contributed by atoms with Crippen LogP contribution in [-0.4, -0.2) is 11.7 Å². The van der Waals surface area contributed by atoms with E-state index in [1.165, 1.54) is 6.07 Å². The Hall–Kier alpha value is -0.930. The Morgan fingerprint density at radius 3 is 2.85 bits per heavy atom.